The van der Waals surface area contributed by atoms with Gasteiger partial charge in [0, 0.05) is 111 Å². The number of rotatable bonds is 14. The van der Waals surface area contributed by atoms with Crippen LogP contribution in [0.2, 0.25) is 0 Å². The first-order chi connectivity index (χ1) is 37.1. The number of carbonyl (C=O) groups is 4. The van der Waals surface area contributed by atoms with E-state index in [2.05, 4.69) is 30.0 Å². The number of carbonyl (C=O) groups excluding carboxylic acids is 4. The highest BCUT2D eigenvalue weighted by Gasteiger charge is 2.29. The number of aromatic nitrogens is 4. The van der Waals surface area contributed by atoms with Gasteiger partial charge in [-0.05, 0) is 103 Å². The van der Waals surface area contributed by atoms with Crippen LogP contribution in [0.25, 0.3) is 33.7 Å². The van der Waals surface area contributed by atoms with E-state index in [0.29, 0.717) is 50.6 Å². The number of nitrogens with one attached hydrogen (secondary N) is 1. The zero-order valence-electron chi connectivity index (χ0n) is 41.9. The maximum absolute atomic E-state index is 15.2. The molecule has 1 N–H and O–H groups in total. The Morgan fingerprint density at radius 2 is 0.987 bits per heavy atom. The van der Waals surface area contributed by atoms with Gasteiger partial charge in [0.05, 0.1) is 19.6 Å². The largest absolute Gasteiger partial charge is 0.415 e. The summed E-state index contributed by atoms with van der Waals surface area (Å²) in [5.74, 6) is -4.68. The summed E-state index contributed by atoms with van der Waals surface area (Å²) in [6, 6.07) is 29.7. The quantitative estimate of drug-likeness (QED) is 0.0816. The Kier molecular flexibility index (Phi) is 18.0. The van der Waals surface area contributed by atoms with E-state index in [1.807, 2.05) is 80.1 Å². The second kappa shape index (κ2) is 25.4. The third kappa shape index (κ3) is 14.1. The summed E-state index contributed by atoms with van der Waals surface area (Å²) in [6.45, 7) is 4.30. The van der Waals surface area contributed by atoms with Crippen LogP contribution in [0.15, 0.2) is 138 Å². The molecule has 2 aliphatic heterocycles. The number of pyridine rings is 2. The van der Waals surface area contributed by atoms with Gasteiger partial charge in [-0.2, -0.15) is 17.6 Å². The lowest BCUT2D eigenvalue weighted by Crippen LogP contribution is -2.52. The monoisotopic (exact) mass is 1060 g/mol. The van der Waals surface area contributed by atoms with E-state index in [1.165, 1.54) is 29.2 Å². The summed E-state index contributed by atoms with van der Waals surface area (Å²) >= 11 is 0. The first-order valence-corrected chi connectivity index (χ1v) is 24.4. The van der Waals surface area contributed by atoms with Gasteiger partial charge in [0.2, 0.25) is 5.89 Å². The fraction of sp³-hybridized carbons (Fsp3) is 0.273. The van der Waals surface area contributed by atoms with Gasteiger partial charge in [-0.25, -0.2) is 18.4 Å². The molecule has 0 spiro atoms. The summed E-state index contributed by atoms with van der Waals surface area (Å²) in [5, 5.41) is 8.67. The molecule has 9 rings (SSSR count). The second-order valence-corrected chi connectivity index (χ2v) is 18.2. The fourth-order valence-electron chi connectivity index (χ4n) is 8.42. The molecule has 4 aromatic carbocycles. The van der Waals surface area contributed by atoms with Gasteiger partial charge in [0.25, 0.3) is 11.8 Å². The number of ketones is 1. The predicted octanol–water partition coefficient (Wildman–Crippen LogP) is 9.08. The van der Waals surface area contributed by atoms with Crippen molar-refractivity contribution in [2.75, 3.05) is 82.8 Å². The second-order valence-electron chi connectivity index (χ2n) is 18.2. The molecule has 0 bridgehead atoms. The number of piperazine rings is 2. The molecule has 0 saturated carbocycles. The minimum atomic E-state index is -3.25. The van der Waals surface area contributed by atoms with Crippen molar-refractivity contribution in [2.45, 2.75) is 25.9 Å². The normalized spacial score (nSPS) is 14.0. The third-order valence-corrected chi connectivity index (χ3v) is 13.0. The van der Waals surface area contributed by atoms with Crippen molar-refractivity contribution < 1.29 is 49.9 Å². The van der Waals surface area contributed by atoms with Gasteiger partial charge in [0.1, 0.15) is 11.6 Å². The van der Waals surface area contributed by atoms with Gasteiger partial charge in [0.15, 0.2) is 5.78 Å². The van der Waals surface area contributed by atoms with Crippen LogP contribution in [0, 0.1) is 11.6 Å². The van der Waals surface area contributed by atoms with Crippen LogP contribution in [0.3, 0.4) is 0 Å². The number of benzene rings is 4. The highest BCUT2D eigenvalue weighted by Crippen LogP contribution is 2.30. The Balaban J connectivity index is 0.000000204. The molecule has 5 heterocycles. The fourth-order valence-corrected chi connectivity index (χ4v) is 8.42. The number of anilines is 2. The van der Waals surface area contributed by atoms with E-state index in [1.54, 1.807) is 51.6 Å². The van der Waals surface area contributed by atoms with Gasteiger partial charge in [-0.15, -0.1) is 10.2 Å². The molecule has 0 aliphatic carbocycles. The topological polar surface area (TPSA) is 164 Å². The standard InChI is InChI=1S/C28H28F3N5O3.C27H25F3N6O2/c1-34-12-14-35(15-13-34)28(39)36(23-6-4-19(5-7-23)20-8-10-32-11-9-20)18-22-3-2-21(16-24(22)29)25(37)17-33-27(38)26(30)31;1-34-12-14-35(15-13-34)27(37)36(22-6-4-18(5-7-22)19-8-10-31-11-9-19)17-21-3-2-20(16-23(21)28)25-32-33-26(38-25)24(29)30/h2-11,16,26H,12-15,17-18H2,1H3,(H,33,38);2-11,16,24H,12-15,17H2,1H3. The average molecular weight is 1060 g/mol. The molecule has 0 radical (unpaired) electrons. The first-order valence-electron chi connectivity index (χ1n) is 24.4. The number of halogens is 6. The lowest BCUT2D eigenvalue weighted by molar-refractivity contribution is -0.131. The smallest absolute Gasteiger partial charge is 0.324 e. The van der Waals surface area contributed by atoms with Crippen molar-refractivity contribution in [3.05, 3.63) is 168 Å². The Labute approximate surface area is 439 Å². The molecular formula is C55H53F6N11O5. The van der Waals surface area contributed by atoms with Crippen LogP contribution in [0.1, 0.15) is 33.8 Å². The van der Waals surface area contributed by atoms with Crippen LogP contribution >= 0.6 is 0 Å². The number of amides is 5. The van der Waals surface area contributed by atoms with Crippen molar-refractivity contribution in [2.24, 2.45) is 0 Å². The van der Waals surface area contributed by atoms with Crippen molar-refractivity contribution in [1.29, 1.82) is 0 Å². The van der Waals surface area contributed by atoms with Crippen molar-refractivity contribution in [3.8, 4) is 33.7 Å². The van der Waals surface area contributed by atoms with E-state index in [9.17, 15) is 36.7 Å². The third-order valence-electron chi connectivity index (χ3n) is 13.0. The van der Waals surface area contributed by atoms with Gasteiger partial charge in [-0.3, -0.25) is 29.4 Å². The minimum Gasteiger partial charge on any atom is -0.415 e. The molecule has 2 fully saturated rings. The molecule has 22 heteroatoms. The number of nitrogens with zero attached hydrogens (tertiary/aromatic N) is 10. The summed E-state index contributed by atoms with van der Waals surface area (Å²) in [4.78, 5) is 69.4. The Morgan fingerprint density at radius 1 is 0.558 bits per heavy atom. The number of Topliss-reactive ketones (excluding diaryl/α,β-unsaturated/α-hetero) is 1. The number of hydrogen-bond acceptors (Lipinski definition) is 11. The van der Waals surface area contributed by atoms with Crippen LogP contribution in [0.4, 0.5) is 47.3 Å². The van der Waals surface area contributed by atoms with Crippen LogP contribution < -0.4 is 15.1 Å². The molecule has 0 atom stereocenters. The molecule has 400 valence electrons. The molecular weight excluding hydrogens is 1010 g/mol. The molecule has 2 aliphatic rings. The predicted molar refractivity (Wildman–Crippen MR) is 275 cm³/mol. The zero-order chi connectivity index (χ0) is 54.6. The highest BCUT2D eigenvalue weighted by molar-refractivity contribution is 6.00. The summed E-state index contributed by atoms with van der Waals surface area (Å²) in [7, 11) is 3.98. The Bertz CT molecular complexity index is 3120. The van der Waals surface area contributed by atoms with E-state index >= 15 is 8.78 Å². The number of urea groups is 2. The Hall–Kier alpha value is -8.50. The molecule has 16 nitrogen and oxygen atoms in total. The van der Waals surface area contributed by atoms with Crippen molar-refractivity contribution >= 4 is 35.1 Å². The lowest BCUT2D eigenvalue weighted by atomic mass is 10.1. The summed E-state index contributed by atoms with van der Waals surface area (Å²) in [6.07, 6.45) is 0.634. The van der Waals surface area contributed by atoms with Gasteiger partial charge in [-0.1, -0.05) is 42.5 Å². The van der Waals surface area contributed by atoms with E-state index in [4.69, 9.17) is 4.42 Å². The summed E-state index contributed by atoms with van der Waals surface area (Å²) < 4.78 is 85.6. The number of alkyl halides is 4. The number of hydrogen-bond donors (Lipinski definition) is 1. The number of likely N-dealkylation sites (N-methyl/N-ethyl adjacent to an activating group) is 2. The molecule has 2 saturated heterocycles. The Morgan fingerprint density at radius 3 is 1.40 bits per heavy atom. The summed E-state index contributed by atoms with van der Waals surface area (Å²) in [5.41, 5.74) is 5.55. The van der Waals surface area contributed by atoms with Gasteiger partial charge >= 0.3 is 24.9 Å². The van der Waals surface area contributed by atoms with E-state index < -0.39 is 48.6 Å². The molecule has 5 amide bonds. The van der Waals surface area contributed by atoms with Crippen molar-refractivity contribution in [3.63, 3.8) is 0 Å². The first kappa shape index (κ1) is 54.8. The average Bonchev–Trinajstić information content (AvgIpc) is 3.97. The SMILES string of the molecule is CN1CCN(C(=O)N(Cc2ccc(-c3nnc(C(F)F)o3)cc2F)c2ccc(-c3ccncc3)cc2)CC1.CN1CCN(C(=O)N(Cc2ccc(C(=O)CNC(=O)C(F)F)cc2F)c2ccc(-c3ccncc3)cc2)CC1. The molecule has 3 aromatic heterocycles. The maximum Gasteiger partial charge on any atom is 0.324 e. The lowest BCUT2D eigenvalue weighted by Gasteiger charge is -2.36. The minimum absolute atomic E-state index is 0.0298. The maximum atomic E-state index is 15.2. The highest BCUT2D eigenvalue weighted by atomic mass is 19.3. The van der Waals surface area contributed by atoms with E-state index in [-0.39, 0.29) is 53.3 Å². The van der Waals surface area contributed by atoms with E-state index in [0.717, 1.165) is 47.5 Å². The van der Waals surface area contributed by atoms with Crippen LogP contribution in [-0.4, -0.2) is 143 Å². The zero-order valence-corrected chi connectivity index (χ0v) is 41.9. The van der Waals surface area contributed by atoms with Crippen LogP contribution in [0.5, 0.6) is 0 Å². The molecule has 7 aromatic rings. The van der Waals surface area contributed by atoms with Crippen molar-refractivity contribution in [1.82, 2.24) is 45.1 Å². The molecule has 77 heavy (non-hydrogen) atoms. The van der Waals surface area contributed by atoms with Gasteiger partial charge < -0.3 is 29.3 Å². The molecule has 0 unspecified atom stereocenters. The van der Waals surface area contributed by atoms with Crippen LogP contribution in [-0.2, 0) is 17.9 Å².